The van der Waals surface area contributed by atoms with Crippen LogP contribution in [0.5, 0.6) is 0 Å². The number of carbonyl (C=O) groups excluding carboxylic acids is 3. The minimum absolute atomic E-state index is 0.177. The van der Waals surface area contributed by atoms with Crippen LogP contribution in [0.3, 0.4) is 0 Å². The van der Waals surface area contributed by atoms with Crippen LogP contribution in [0.1, 0.15) is 17.3 Å². The summed E-state index contributed by atoms with van der Waals surface area (Å²) in [5.74, 6) is -1.24. The maximum Gasteiger partial charge on any atom is 0.341 e. The molecule has 2 amide bonds. The van der Waals surface area contributed by atoms with Gasteiger partial charge >= 0.3 is 5.97 Å². The number of hydrogen-bond donors (Lipinski definition) is 2. The number of rotatable bonds is 6. The molecule has 0 atom stereocenters. The highest BCUT2D eigenvalue weighted by Gasteiger charge is 2.14. The Morgan fingerprint density at radius 1 is 1.08 bits per heavy atom. The number of nitrogens with one attached hydrogen (secondary N) is 2. The molecular weight excluding hydrogens is 342 g/mol. The van der Waals surface area contributed by atoms with Gasteiger partial charge < -0.3 is 15.4 Å². The first kappa shape index (κ1) is 18.5. The maximum atomic E-state index is 12.0. The van der Waals surface area contributed by atoms with Crippen molar-refractivity contribution < 1.29 is 19.1 Å². The lowest BCUT2D eigenvalue weighted by Gasteiger charge is -2.09. The summed E-state index contributed by atoms with van der Waals surface area (Å²) >= 11 is 1.32. The van der Waals surface area contributed by atoms with Crippen LogP contribution in [-0.4, -0.2) is 35.6 Å². The third kappa shape index (κ3) is 5.61. The van der Waals surface area contributed by atoms with Gasteiger partial charge in [0.15, 0.2) is 6.61 Å². The van der Waals surface area contributed by atoms with Crippen LogP contribution in [0.15, 0.2) is 47.6 Å². The van der Waals surface area contributed by atoms with Crippen LogP contribution in [-0.2, 0) is 14.3 Å². The predicted molar refractivity (Wildman–Crippen MR) is 95.7 cm³/mol. The number of thioether (sulfide) groups is 1. The Balaban J connectivity index is 1.88. The van der Waals surface area contributed by atoms with Gasteiger partial charge in [-0.3, -0.25) is 9.59 Å². The fourth-order valence-electron chi connectivity index (χ4n) is 1.95. The molecule has 0 bridgehead atoms. The normalized spacial score (nSPS) is 10.0. The smallest absolute Gasteiger partial charge is 0.341 e. The van der Waals surface area contributed by atoms with E-state index in [-0.39, 0.29) is 5.91 Å². The molecule has 0 fully saturated rings. The summed E-state index contributed by atoms with van der Waals surface area (Å²) < 4.78 is 5.02. The highest BCUT2D eigenvalue weighted by Crippen LogP contribution is 2.18. The first-order valence-corrected chi connectivity index (χ1v) is 8.55. The van der Waals surface area contributed by atoms with E-state index in [0.29, 0.717) is 22.0 Å². The second kappa shape index (κ2) is 8.84. The molecule has 8 heteroatoms. The lowest BCUT2D eigenvalue weighted by molar-refractivity contribution is -0.119. The summed E-state index contributed by atoms with van der Waals surface area (Å²) in [6, 6.07) is 9.82. The third-order valence-electron chi connectivity index (χ3n) is 3.01. The zero-order valence-corrected chi connectivity index (χ0v) is 14.6. The van der Waals surface area contributed by atoms with Crippen molar-refractivity contribution in [2.45, 2.75) is 11.9 Å². The van der Waals surface area contributed by atoms with Crippen LogP contribution >= 0.6 is 11.8 Å². The summed E-state index contributed by atoms with van der Waals surface area (Å²) in [6.07, 6.45) is 3.39. The van der Waals surface area contributed by atoms with E-state index < -0.39 is 18.5 Å². The molecule has 0 aliphatic rings. The van der Waals surface area contributed by atoms with E-state index >= 15 is 0 Å². The van der Waals surface area contributed by atoms with Crippen LogP contribution in [0, 0.1) is 0 Å². The number of hydrogen-bond acceptors (Lipinski definition) is 6. The van der Waals surface area contributed by atoms with E-state index in [9.17, 15) is 14.4 Å². The van der Waals surface area contributed by atoms with Gasteiger partial charge in [0.1, 0.15) is 5.03 Å². The highest BCUT2D eigenvalue weighted by atomic mass is 32.2. The average Bonchev–Trinajstić information content (AvgIpc) is 2.61. The zero-order valence-electron chi connectivity index (χ0n) is 13.7. The fourth-order valence-corrected chi connectivity index (χ4v) is 2.49. The molecule has 25 heavy (non-hydrogen) atoms. The molecule has 0 aliphatic carbocycles. The van der Waals surface area contributed by atoms with Gasteiger partial charge in [-0.05, 0) is 42.7 Å². The Morgan fingerprint density at radius 3 is 2.32 bits per heavy atom. The molecule has 2 rings (SSSR count). The minimum atomic E-state index is -0.603. The molecule has 0 spiro atoms. The number of amides is 2. The molecule has 0 saturated carbocycles. The number of benzene rings is 1. The second-order valence-corrected chi connectivity index (χ2v) is 5.74. The van der Waals surface area contributed by atoms with E-state index in [1.54, 1.807) is 48.9 Å². The molecule has 0 saturated heterocycles. The molecule has 7 nitrogen and oxygen atoms in total. The van der Waals surface area contributed by atoms with Gasteiger partial charge in [0, 0.05) is 24.5 Å². The second-order valence-electron chi connectivity index (χ2n) is 4.94. The van der Waals surface area contributed by atoms with E-state index in [4.69, 9.17) is 4.74 Å². The molecular formula is C17H17N3O4S. The Hall–Kier alpha value is -2.87. The van der Waals surface area contributed by atoms with Crippen molar-refractivity contribution in [3.63, 3.8) is 0 Å². The van der Waals surface area contributed by atoms with E-state index in [0.717, 1.165) is 0 Å². The van der Waals surface area contributed by atoms with E-state index in [2.05, 4.69) is 15.6 Å². The molecule has 1 aromatic heterocycles. The Bertz CT molecular complexity index is 778. The Morgan fingerprint density at radius 2 is 1.72 bits per heavy atom. The minimum Gasteiger partial charge on any atom is -0.452 e. The Labute approximate surface area is 149 Å². The highest BCUT2D eigenvalue weighted by molar-refractivity contribution is 7.98. The zero-order chi connectivity index (χ0) is 18.2. The lowest BCUT2D eigenvalue weighted by Crippen LogP contribution is -2.21. The van der Waals surface area contributed by atoms with Crippen LogP contribution in [0.2, 0.25) is 0 Å². The molecule has 130 valence electrons. The van der Waals surface area contributed by atoms with Gasteiger partial charge in [0.2, 0.25) is 5.91 Å². The van der Waals surface area contributed by atoms with Crippen LogP contribution in [0.4, 0.5) is 11.4 Å². The van der Waals surface area contributed by atoms with Crippen molar-refractivity contribution in [3.05, 3.63) is 48.2 Å². The summed E-state index contributed by atoms with van der Waals surface area (Å²) in [5.41, 5.74) is 1.47. The van der Waals surface area contributed by atoms with Gasteiger partial charge in [-0.25, -0.2) is 9.78 Å². The lowest BCUT2D eigenvalue weighted by atomic mass is 10.2. The SMILES string of the molecule is CSc1ncccc1C(=O)OCC(=O)Nc1ccc(NC(C)=O)cc1. The Kier molecular flexibility index (Phi) is 6.53. The number of ether oxygens (including phenoxy) is 1. The molecule has 1 aromatic carbocycles. The van der Waals surface area contributed by atoms with Gasteiger partial charge in [0.25, 0.3) is 5.91 Å². The molecule has 0 aliphatic heterocycles. The van der Waals surface area contributed by atoms with Crippen molar-refractivity contribution in [3.8, 4) is 0 Å². The first-order chi connectivity index (χ1) is 12.0. The number of carbonyl (C=O) groups is 3. The molecule has 2 N–H and O–H groups in total. The van der Waals surface area contributed by atoms with Crippen LogP contribution < -0.4 is 10.6 Å². The van der Waals surface area contributed by atoms with Crippen molar-refractivity contribution in [2.75, 3.05) is 23.5 Å². The molecule has 0 radical (unpaired) electrons. The van der Waals surface area contributed by atoms with Gasteiger partial charge in [0.05, 0.1) is 5.56 Å². The maximum absolute atomic E-state index is 12.0. The number of nitrogens with zero attached hydrogens (tertiary/aromatic N) is 1. The summed E-state index contributed by atoms with van der Waals surface area (Å²) in [6.45, 7) is 1.00. The van der Waals surface area contributed by atoms with Gasteiger partial charge in [-0.1, -0.05) is 0 Å². The van der Waals surface area contributed by atoms with Gasteiger partial charge in [-0.15, -0.1) is 11.8 Å². The van der Waals surface area contributed by atoms with Crippen molar-refractivity contribution in [1.29, 1.82) is 0 Å². The molecule has 0 unspecified atom stereocenters. The van der Waals surface area contributed by atoms with E-state index in [1.807, 2.05) is 0 Å². The topological polar surface area (TPSA) is 97.4 Å². The molecule has 1 heterocycles. The summed E-state index contributed by atoms with van der Waals surface area (Å²) in [5, 5.41) is 5.78. The van der Waals surface area contributed by atoms with Crippen molar-refractivity contribution in [1.82, 2.24) is 4.98 Å². The number of anilines is 2. The fraction of sp³-hybridized carbons (Fsp3) is 0.176. The largest absolute Gasteiger partial charge is 0.452 e. The first-order valence-electron chi connectivity index (χ1n) is 7.33. The molecule has 2 aromatic rings. The summed E-state index contributed by atoms with van der Waals surface area (Å²) in [4.78, 5) is 38.9. The van der Waals surface area contributed by atoms with Crippen molar-refractivity contribution >= 4 is 40.9 Å². The number of esters is 1. The number of pyridine rings is 1. The van der Waals surface area contributed by atoms with E-state index in [1.165, 1.54) is 18.7 Å². The van der Waals surface area contributed by atoms with Crippen molar-refractivity contribution in [2.24, 2.45) is 0 Å². The average molecular weight is 359 g/mol. The monoisotopic (exact) mass is 359 g/mol. The number of aromatic nitrogens is 1. The predicted octanol–water partition coefficient (Wildman–Crippen LogP) is 2.56. The summed E-state index contributed by atoms with van der Waals surface area (Å²) in [7, 11) is 0. The van der Waals surface area contributed by atoms with Crippen LogP contribution in [0.25, 0.3) is 0 Å². The standard InChI is InChI=1S/C17H17N3O4S/c1-11(21)19-12-5-7-13(8-6-12)20-15(22)10-24-17(23)14-4-3-9-18-16(14)25-2/h3-9H,10H2,1-2H3,(H,19,21)(H,20,22). The quantitative estimate of drug-likeness (QED) is 0.608. The van der Waals surface area contributed by atoms with Gasteiger partial charge in [-0.2, -0.15) is 0 Å². The third-order valence-corrected chi connectivity index (χ3v) is 3.72.